The summed E-state index contributed by atoms with van der Waals surface area (Å²) in [6.45, 7) is 6.27. The number of unbranched alkanes of at least 4 members (excludes halogenated alkanes) is 5. The number of hydrogen-bond donors (Lipinski definition) is 1. The molecular formula is C36H48N4O5. The molecule has 0 bridgehead atoms. The first-order valence-electron chi connectivity index (χ1n) is 16.7. The SMILES string of the molecule is CCCCCC[C@@H](C)Oc1cc(N)c(C(=O)Oc2cnc(-c3ccc(C4CCC(CCCCC)CC4)cc3)cn2)cc1[N+](=O)[O-]. The average molecular weight is 617 g/mol. The molecule has 45 heavy (non-hydrogen) atoms. The van der Waals surface area contributed by atoms with Crippen molar-refractivity contribution in [3.8, 4) is 22.9 Å². The molecule has 1 aliphatic rings. The minimum atomic E-state index is -0.860. The minimum absolute atomic E-state index is 0.0217. The Balaban J connectivity index is 1.35. The van der Waals surface area contributed by atoms with Gasteiger partial charge in [0.05, 0.1) is 40.4 Å². The highest BCUT2D eigenvalue weighted by atomic mass is 16.6. The molecule has 4 rings (SSSR count). The number of aromatic nitrogens is 2. The summed E-state index contributed by atoms with van der Waals surface area (Å²) >= 11 is 0. The Hall–Kier alpha value is -4.01. The van der Waals surface area contributed by atoms with Crippen LogP contribution in [0.4, 0.5) is 11.4 Å². The molecule has 0 aliphatic heterocycles. The third-order valence-electron chi connectivity index (χ3n) is 8.91. The van der Waals surface area contributed by atoms with E-state index in [1.54, 1.807) is 6.20 Å². The molecule has 9 nitrogen and oxygen atoms in total. The van der Waals surface area contributed by atoms with Crippen LogP contribution in [0.1, 0.15) is 126 Å². The molecule has 2 N–H and O–H groups in total. The molecule has 3 aromatic rings. The number of ether oxygens (including phenoxy) is 2. The molecule has 1 aromatic heterocycles. The molecule has 1 atom stereocenters. The number of nitro groups is 1. The fourth-order valence-electron chi connectivity index (χ4n) is 6.19. The Labute approximate surface area is 267 Å². The third kappa shape index (κ3) is 9.74. The van der Waals surface area contributed by atoms with Gasteiger partial charge in [0.15, 0.2) is 5.75 Å². The first-order chi connectivity index (χ1) is 21.8. The monoisotopic (exact) mass is 616 g/mol. The highest BCUT2D eigenvalue weighted by Gasteiger charge is 2.25. The van der Waals surface area contributed by atoms with Crippen LogP contribution in [0.25, 0.3) is 11.3 Å². The number of anilines is 1. The van der Waals surface area contributed by atoms with E-state index in [-0.39, 0.29) is 34.7 Å². The molecule has 1 fully saturated rings. The standard InChI is InChI=1S/C36H48N4O5/c1-4-6-8-10-11-25(3)44-34-22-31(37)30(21-33(34)40(42)43)36(41)45-35-24-38-32(23-39-35)29-19-17-28(18-20-29)27-15-13-26(14-16-27)12-9-7-5-2/h17-27H,4-16,37H2,1-3H3/t25-,26?,27?/m1/s1. The molecule has 0 spiro atoms. The summed E-state index contributed by atoms with van der Waals surface area (Å²) in [5, 5.41) is 11.8. The van der Waals surface area contributed by atoms with Gasteiger partial charge in [-0.05, 0) is 62.8 Å². The second-order valence-corrected chi connectivity index (χ2v) is 12.4. The molecule has 242 valence electrons. The van der Waals surface area contributed by atoms with E-state index >= 15 is 0 Å². The smallest absolute Gasteiger partial charge is 0.347 e. The van der Waals surface area contributed by atoms with Crippen molar-refractivity contribution in [3.63, 3.8) is 0 Å². The van der Waals surface area contributed by atoms with Crippen LogP contribution in [0.15, 0.2) is 48.8 Å². The van der Waals surface area contributed by atoms with Crippen molar-refractivity contribution >= 4 is 17.3 Å². The van der Waals surface area contributed by atoms with Crippen LogP contribution in [0.5, 0.6) is 11.6 Å². The molecule has 1 aliphatic carbocycles. The van der Waals surface area contributed by atoms with E-state index in [1.807, 2.05) is 6.92 Å². The van der Waals surface area contributed by atoms with Crippen molar-refractivity contribution in [3.05, 3.63) is 70.0 Å². The maximum absolute atomic E-state index is 12.9. The summed E-state index contributed by atoms with van der Waals surface area (Å²) in [7, 11) is 0. The maximum Gasteiger partial charge on any atom is 0.347 e. The molecule has 2 aromatic carbocycles. The maximum atomic E-state index is 12.9. The number of hydrogen-bond acceptors (Lipinski definition) is 8. The van der Waals surface area contributed by atoms with E-state index in [2.05, 4.69) is 48.1 Å². The van der Waals surface area contributed by atoms with Gasteiger partial charge in [0.2, 0.25) is 5.88 Å². The summed E-state index contributed by atoms with van der Waals surface area (Å²) < 4.78 is 11.2. The number of nitro benzene ring substituents is 1. The summed E-state index contributed by atoms with van der Waals surface area (Å²) in [6.07, 6.45) is 18.2. The first kappa shape index (κ1) is 33.9. The Kier molecular flexibility index (Phi) is 12.7. The second-order valence-electron chi connectivity index (χ2n) is 12.4. The van der Waals surface area contributed by atoms with Crippen molar-refractivity contribution < 1.29 is 19.2 Å². The van der Waals surface area contributed by atoms with Gasteiger partial charge >= 0.3 is 11.7 Å². The normalized spacial score (nSPS) is 17.0. The summed E-state index contributed by atoms with van der Waals surface area (Å²) in [6, 6.07) is 10.9. The predicted octanol–water partition coefficient (Wildman–Crippen LogP) is 9.44. The first-order valence-corrected chi connectivity index (χ1v) is 16.7. The number of nitrogen functional groups attached to an aromatic ring is 1. The minimum Gasteiger partial charge on any atom is -0.484 e. The van der Waals surface area contributed by atoms with E-state index in [9.17, 15) is 14.9 Å². The molecule has 1 heterocycles. The van der Waals surface area contributed by atoms with Gasteiger partial charge in [-0.25, -0.2) is 14.8 Å². The molecule has 9 heteroatoms. The lowest BCUT2D eigenvalue weighted by Gasteiger charge is -2.29. The quantitative estimate of drug-likeness (QED) is 0.0553. The van der Waals surface area contributed by atoms with Crippen molar-refractivity contribution in [1.29, 1.82) is 0 Å². The number of esters is 1. The lowest BCUT2D eigenvalue weighted by molar-refractivity contribution is -0.386. The number of carbonyl (C=O) groups is 1. The zero-order valence-corrected chi connectivity index (χ0v) is 27.0. The molecule has 0 radical (unpaired) electrons. The van der Waals surface area contributed by atoms with Gasteiger partial charge in [0.25, 0.3) is 0 Å². The summed E-state index contributed by atoms with van der Waals surface area (Å²) in [5.74, 6) is 0.633. The number of nitrogens with two attached hydrogens (primary N) is 1. The number of rotatable bonds is 16. The van der Waals surface area contributed by atoms with Gasteiger partial charge in [-0.2, -0.15) is 0 Å². The van der Waals surface area contributed by atoms with E-state index < -0.39 is 10.9 Å². The van der Waals surface area contributed by atoms with Crippen molar-refractivity contribution in [2.45, 2.75) is 116 Å². The number of nitrogens with zero attached hydrogens (tertiary/aromatic N) is 3. The molecular weight excluding hydrogens is 568 g/mol. The molecule has 0 saturated heterocycles. The average Bonchev–Trinajstić information content (AvgIpc) is 3.04. The van der Waals surface area contributed by atoms with Crippen LogP contribution in [-0.4, -0.2) is 27.0 Å². The largest absolute Gasteiger partial charge is 0.484 e. The van der Waals surface area contributed by atoms with Crippen molar-refractivity contribution in [2.24, 2.45) is 5.92 Å². The highest BCUT2D eigenvalue weighted by Crippen LogP contribution is 2.38. The number of carbonyl (C=O) groups excluding carboxylic acids is 1. The number of benzene rings is 2. The van der Waals surface area contributed by atoms with Crippen LogP contribution >= 0.6 is 0 Å². The van der Waals surface area contributed by atoms with Crippen LogP contribution in [0.3, 0.4) is 0 Å². The van der Waals surface area contributed by atoms with E-state index in [0.29, 0.717) is 11.6 Å². The van der Waals surface area contributed by atoms with Gasteiger partial charge < -0.3 is 15.2 Å². The molecule has 1 saturated carbocycles. The van der Waals surface area contributed by atoms with E-state index in [1.165, 1.54) is 69.2 Å². The fraction of sp³-hybridized carbons (Fsp3) is 0.528. The van der Waals surface area contributed by atoms with Crippen molar-refractivity contribution in [2.75, 3.05) is 5.73 Å². The predicted molar refractivity (Wildman–Crippen MR) is 178 cm³/mol. The highest BCUT2D eigenvalue weighted by molar-refractivity contribution is 5.97. The lowest BCUT2D eigenvalue weighted by atomic mass is 9.77. The van der Waals surface area contributed by atoms with Crippen molar-refractivity contribution in [1.82, 2.24) is 9.97 Å². The van der Waals surface area contributed by atoms with Gasteiger partial charge in [0, 0.05) is 17.7 Å². The van der Waals surface area contributed by atoms with Crippen LogP contribution < -0.4 is 15.2 Å². The lowest BCUT2D eigenvalue weighted by Crippen LogP contribution is -2.16. The van der Waals surface area contributed by atoms with E-state index in [4.69, 9.17) is 15.2 Å². The van der Waals surface area contributed by atoms with E-state index in [0.717, 1.165) is 49.7 Å². The third-order valence-corrected chi connectivity index (χ3v) is 8.91. The molecule has 0 amide bonds. The van der Waals surface area contributed by atoms with Crippen LogP contribution in [0, 0.1) is 16.0 Å². The van der Waals surface area contributed by atoms with Gasteiger partial charge in [-0.15, -0.1) is 0 Å². The van der Waals surface area contributed by atoms with Gasteiger partial charge in [-0.1, -0.05) is 83.1 Å². The Morgan fingerprint density at radius 2 is 1.69 bits per heavy atom. The van der Waals surface area contributed by atoms with Gasteiger partial charge in [0.1, 0.15) is 0 Å². The zero-order chi connectivity index (χ0) is 32.2. The Bertz CT molecular complexity index is 1390. The Morgan fingerprint density at radius 3 is 2.33 bits per heavy atom. The Morgan fingerprint density at radius 1 is 0.978 bits per heavy atom. The van der Waals surface area contributed by atoms with Crippen LogP contribution in [-0.2, 0) is 0 Å². The van der Waals surface area contributed by atoms with Crippen LogP contribution in [0.2, 0.25) is 0 Å². The topological polar surface area (TPSA) is 130 Å². The zero-order valence-electron chi connectivity index (χ0n) is 27.0. The summed E-state index contributed by atoms with van der Waals surface area (Å²) in [4.78, 5) is 32.8. The fourth-order valence-corrected chi connectivity index (χ4v) is 6.19. The van der Waals surface area contributed by atoms with Gasteiger partial charge in [-0.3, -0.25) is 10.1 Å². The summed E-state index contributed by atoms with van der Waals surface area (Å²) in [5.41, 5.74) is 8.60. The molecule has 0 unspecified atom stereocenters. The second kappa shape index (κ2) is 16.9.